The van der Waals surface area contributed by atoms with Gasteiger partial charge in [0, 0.05) is 30.2 Å². The van der Waals surface area contributed by atoms with Gasteiger partial charge in [0.2, 0.25) is 0 Å². The van der Waals surface area contributed by atoms with Crippen LogP contribution in [0.5, 0.6) is 0 Å². The average Bonchev–Trinajstić information content (AvgIpc) is 2.68. The molecule has 2 rings (SSSR count). The summed E-state index contributed by atoms with van der Waals surface area (Å²) >= 11 is 4.56. The maximum Gasteiger partial charge on any atom is 0.408 e. The number of amides is 3. The van der Waals surface area contributed by atoms with Crippen molar-refractivity contribution in [3.05, 3.63) is 21.7 Å². The van der Waals surface area contributed by atoms with E-state index in [-0.39, 0.29) is 31.8 Å². The van der Waals surface area contributed by atoms with Gasteiger partial charge in [0.05, 0.1) is 6.04 Å². The predicted molar refractivity (Wildman–Crippen MR) is 116 cm³/mol. The van der Waals surface area contributed by atoms with Crippen LogP contribution >= 0.6 is 12.6 Å². The third-order valence-electron chi connectivity index (χ3n) is 4.69. The van der Waals surface area contributed by atoms with Crippen LogP contribution in [0.4, 0.5) is 4.79 Å². The van der Waals surface area contributed by atoms with Crippen molar-refractivity contribution in [3.63, 3.8) is 0 Å². The first-order valence-electron chi connectivity index (χ1n) is 10.1. The number of β-lactam (4-membered cyclic amide) rings is 1. The highest BCUT2D eigenvalue weighted by molar-refractivity contribution is 7.81. The van der Waals surface area contributed by atoms with Crippen molar-refractivity contribution in [2.24, 2.45) is 5.11 Å². The molecule has 0 saturated carbocycles. The first-order chi connectivity index (χ1) is 15.0. The number of esters is 1. The second kappa shape index (κ2) is 10.6. The fourth-order valence-electron chi connectivity index (χ4n) is 3.45. The Hall–Kier alpha value is -2.92. The van der Waals surface area contributed by atoms with Crippen LogP contribution in [0.15, 0.2) is 16.4 Å². The van der Waals surface area contributed by atoms with Gasteiger partial charge in [-0.1, -0.05) is 5.11 Å². The molecular formula is C19H28N6O6S. The normalized spacial score (nSPS) is 22.2. The van der Waals surface area contributed by atoms with Crippen LogP contribution in [0.3, 0.4) is 0 Å². The van der Waals surface area contributed by atoms with Gasteiger partial charge in [0.15, 0.2) is 0 Å². The Morgan fingerprint density at radius 3 is 2.62 bits per heavy atom. The molecule has 176 valence electrons. The standard InChI is InChI=1S/C19H28N6O6S/c1-10(26)30-9-11-8-12(32)15-13(23-18(29)31-19(2,3)4)17(28)25(15)14(11)16(27)21-6-5-7-22-24-20/h12-13,15,32H,5-9H2,1-4H3,(H,21,27)(H,23,29)/t12?,13-,15+/m1/s1. The van der Waals surface area contributed by atoms with Gasteiger partial charge >= 0.3 is 12.1 Å². The van der Waals surface area contributed by atoms with Gasteiger partial charge in [-0.3, -0.25) is 19.3 Å². The van der Waals surface area contributed by atoms with Gasteiger partial charge < -0.3 is 20.1 Å². The van der Waals surface area contributed by atoms with Crippen LogP contribution in [-0.4, -0.2) is 71.4 Å². The molecule has 2 aliphatic rings. The Morgan fingerprint density at radius 1 is 1.34 bits per heavy atom. The monoisotopic (exact) mass is 468 g/mol. The Kier molecular flexibility index (Phi) is 8.39. The predicted octanol–water partition coefficient (Wildman–Crippen LogP) is 1.43. The van der Waals surface area contributed by atoms with E-state index in [2.05, 4.69) is 33.3 Å². The number of hydrogen-bond acceptors (Lipinski definition) is 8. The number of ether oxygens (including phenoxy) is 2. The van der Waals surface area contributed by atoms with Crippen LogP contribution in [0.1, 0.15) is 40.5 Å². The number of alkyl carbamates (subject to hydrolysis) is 1. The van der Waals surface area contributed by atoms with Gasteiger partial charge in [0.1, 0.15) is 23.9 Å². The molecule has 3 amide bonds. The van der Waals surface area contributed by atoms with Crippen molar-refractivity contribution in [2.45, 2.75) is 63.5 Å². The molecule has 13 heteroatoms. The average molecular weight is 469 g/mol. The summed E-state index contributed by atoms with van der Waals surface area (Å²) in [5, 5.41) is 8.24. The Labute approximate surface area is 191 Å². The van der Waals surface area contributed by atoms with Crippen LogP contribution in [0.25, 0.3) is 10.4 Å². The number of thiol groups is 1. The summed E-state index contributed by atoms with van der Waals surface area (Å²) in [6.07, 6.45) is -0.0499. The van der Waals surface area contributed by atoms with Crippen molar-refractivity contribution >= 4 is 36.5 Å². The van der Waals surface area contributed by atoms with Gasteiger partial charge in [-0.05, 0) is 44.7 Å². The topological polar surface area (TPSA) is 163 Å². The molecule has 0 aliphatic carbocycles. The number of carbonyl (C=O) groups is 4. The molecule has 0 aromatic rings. The van der Waals surface area contributed by atoms with Gasteiger partial charge in [-0.2, -0.15) is 12.6 Å². The number of nitrogens with one attached hydrogen (secondary N) is 2. The van der Waals surface area contributed by atoms with Crippen molar-refractivity contribution in [3.8, 4) is 0 Å². The third-order valence-corrected chi connectivity index (χ3v) is 5.18. The summed E-state index contributed by atoms with van der Waals surface area (Å²) < 4.78 is 10.3. The molecule has 2 aliphatic heterocycles. The highest BCUT2D eigenvalue weighted by atomic mass is 32.1. The molecule has 32 heavy (non-hydrogen) atoms. The molecule has 1 unspecified atom stereocenters. The zero-order valence-corrected chi connectivity index (χ0v) is 19.3. The molecule has 0 bridgehead atoms. The maximum atomic E-state index is 12.9. The summed E-state index contributed by atoms with van der Waals surface area (Å²) in [5.41, 5.74) is 8.12. The van der Waals surface area contributed by atoms with Crippen molar-refractivity contribution in [2.75, 3.05) is 19.7 Å². The highest BCUT2D eigenvalue weighted by Gasteiger charge is 2.56. The second-order valence-electron chi connectivity index (χ2n) is 8.39. The largest absolute Gasteiger partial charge is 0.461 e. The van der Waals surface area contributed by atoms with Crippen LogP contribution in [0, 0.1) is 0 Å². The molecule has 1 saturated heterocycles. The number of nitrogens with zero attached hydrogens (tertiary/aromatic N) is 4. The first-order valence-corrected chi connectivity index (χ1v) is 10.6. The molecule has 0 aromatic carbocycles. The molecule has 3 atom stereocenters. The summed E-state index contributed by atoms with van der Waals surface area (Å²) in [5.74, 6) is -1.54. The Bertz CT molecular complexity index is 863. The summed E-state index contributed by atoms with van der Waals surface area (Å²) in [4.78, 5) is 53.2. The lowest BCUT2D eigenvalue weighted by Gasteiger charge is -2.52. The van der Waals surface area contributed by atoms with E-state index in [1.807, 2.05) is 0 Å². The number of rotatable bonds is 8. The lowest BCUT2D eigenvalue weighted by atomic mass is 9.83. The van der Waals surface area contributed by atoms with E-state index in [9.17, 15) is 19.2 Å². The third kappa shape index (κ3) is 6.30. The van der Waals surface area contributed by atoms with E-state index in [1.165, 1.54) is 11.8 Å². The lowest BCUT2D eigenvalue weighted by Crippen LogP contribution is -2.75. The van der Waals surface area contributed by atoms with Gasteiger partial charge in [0.25, 0.3) is 11.8 Å². The van der Waals surface area contributed by atoms with Crippen LogP contribution in [-0.2, 0) is 23.9 Å². The number of carbonyl (C=O) groups excluding carboxylic acids is 4. The van der Waals surface area contributed by atoms with E-state index in [0.717, 1.165) is 0 Å². The number of fused-ring (bicyclic) bond motifs is 1. The quantitative estimate of drug-likeness (QED) is 0.0928. The molecule has 12 nitrogen and oxygen atoms in total. The molecule has 2 N–H and O–H groups in total. The molecule has 0 radical (unpaired) electrons. The van der Waals surface area contributed by atoms with E-state index in [0.29, 0.717) is 12.0 Å². The molecule has 0 spiro atoms. The van der Waals surface area contributed by atoms with E-state index < -0.39 is 46.8 Å². The Balaban J connectivity index is 2.20. The fourth-order valence-corrected chi connectivity index (χ4v) is 3.98. The van der Waals surface area contributed by atoms with Crippen molar-refractivity contribution in [1.29, 1.82) is 0 Å². The summed E-state index contributed by atoms with van der Waals surface area (Å²) in [7, 11) is 0. The van der Waals surface area contributed by atoms with E-state index >= 15 is 0 Å². The minimum atomic E-state index is -0.893. The SMILES string of the molecule is CC(=O)OCC1=C(C(=O)NCCCN=[N+]=[N-])N2C(=O)[C@H](NC(=O)OC(C)(C)C)[C@@H]2C(S)C1. The van der Waals surface area contributed by atoms with Gasteiger partial charge in [-0.25, -0.2) is 4.79 Å². The van der Waals surface area contributed by atoms with Crippen LogP contribution < -0.4 is 10.6 Å². The Morgan fingerprint density at radius 2 is 2.03 bits per heavy atom. The maximum absolute atomic E-state index is 12.9. The first kappa shape index (κ1) is 25.3. The minimum Gasteiger partial charge on any atom is -0.461 e. The minimum absolute atomic E-state index is 0.0811. The molecule has 2 heterocycles. The smallest absolute Gasteiger partial charge is 0.408 e. The molecule has 1 fully saturated rings. The zero-order chi connectivity index (χ0) is 24.1. The molecule has 0 aromatic heterocycles. The lowest BCUT2D eigenvalue weighted by molar-refractivity contribution is -0.150. The van der Waals surface area contributed by atoms with Crippen LogP contribution in [0.2, 0.25) is 0 Å². The van der Waals surface area contributed by atoms with Gasteiger partial charge in [-0.15, -0.1) is 0 Å². The van der Waals surface area contributed by atoms with E-state index in [1.54, 1.807) is 20.8 Å². The zero-order valence-electron chi connectivity index (χ0n) is 18.5. The summed E-state index contributed by atoms with van der Waals surface area (Å²) in [6, 6.07) is -1.46. The highest BCUT2D eigenvalue weighted by Crippen LogP contribution is 2.39. The molecular weight excluding hydrogens is 440 g/mol. The van der Waals surface area contributed by atoms with Crippen molar-refractivity contribution < 1.29 is 28.7 Å². The number of hydrogen-bond donors (Lipinski definition) is 3. The van der Waals surface area contributed by atoms with E-state index in [4.69, 9.17) is 15.0 Å². The summed E-state index contributed by atoms with van der Waals surface area (Å²) in [6.45, 7) is 6.64. The number of azide groups is 1. The second-order valence-corrected chi connectivity index (χ2v) is 9.05. The fraction of sp³-hybridized carbons (Fsp3) is 0.684. The van der Waals surface area contributed by atoms with Crippen molar-refractivity contribution in [1.82, 2.24) is 15.5 Å².